The van der Waals surface area contributed by atoms with Crippen molar-refractivity contribution in [1.29, 1.82) is 0 Å². The first-order valence-electron chi connectivity index (χ1n) is 5.39. The van der Waals surface area contributed by atoms with Crippen LogP contribution in [0.3, 0.4) is 0 Å². The van der Waals surface area contributed by atoms with E-state index in [4.69, 9.17) is 5.73 Å². The van der Waals surface area contributed by atoms with E-state index >= 15 is 0 Å². The summed E-state index contributed by atoms with van der Waals surface area (Å²) >= 11 is 3.85. The molecule has 0 radical (unpaired) electrons. The lowest BCUT2D eigenvalue weighted by molar-refractivity contribution is -0.383. The van der Waals surface area contributed by atoms with Crippen molar-refractivity contribution in [1.82, 2.24) is 4.98 Å². The smallest absolute Gasteiger partial charge is 0.304 e. The van der Waals surface area contributed by atoms with Crippen molar-refractivity contribution in [2.24, 2.45) is 0 Å². The Bertz CT molecular complexity index is 818. The molecule has 0 amide bonds. The molecule has 0 unspecified atom stereocenters. The topological polar surface area (TPSA) is 128 Å². The van der Waals surface area contributed by atoms with E-state index in [-0.39, 0.29) is 15.0 Å². The summed E-state index contributed by atoms with van der Waals surface area (Å²) < 4.78 is 27.1. The Morgan fingerprint density at radius 2 is 2.14 bits per heavy atom. The van der Waals surface area contributed by atoms with Gasteiger partial charge in [0.15, 0.2) is 5.00 Å². The number of pyridine rings is 1. The van der Waals surface area contributed by atoms with E-state index in [0.717, 1.165) is 6.07 Å². The van der Waals surface area contributed by atoms with E-state index in [2.05, 4.69) is 25.6 Å². The molecule has 0 spiro atoms. The number of hydrogen-bond donors (Lipinski definition) is 2. The third-order valence-corrected chi connectivity index (χ3v) is 5.65. The highest BCUT2D eigenvalue weighted by Crippen LogP contribution is 2.35. The Kier molecular flexibility index (Phi) is 4.16. The maximum absolute atomic E-state index is 12.2. The van der Waals surface area contributed by atoms with E-state index in [9.17, 15) is 18.5 Å². The average Bonchev–Trinajstić information content (AvgIpc) is 2.76. The molecule has 2 heterocycles. The highest BCUT2D eigenvalue weighted by molar-refractivity contribution is 9.10. The number of nitrogens with zero attached hydrogens (tertiary/aromatic N) is 2. The number of thiophene rings is 1. The molecule has 0 saturated heterocycles. The summed E-state index contributed by atoms with van der Waals surface area (Å²) in [6.45, 7) is 1.68. The van der Waals surface area contributed by atoms with E-state index in [0.29, 0.717) is 21.4 Å². The van der Waals surface area contributed by atoms with Crippen LogP contribution in [0.25, 0.3) is 0 Å². The molecule has 0 aromatic carbocycles. The quantitative estimate of drug-likeness (QED) is 0.607. The number of sulfonamides is 1. The van der Waals surface area contributed by atoms with Gasteiger partial charge in [-0.15, -0.1) is 0 Å². The first-order chi connectivity index (χ1) is 9.70. The highest BCUT2D eigenvalue weighted by atomic mass is 79.9. The maximum Gasteiger partial charge on any atom is 0.304 e. The fourth-order valence-electron chi connectivity index (χ4n) is 1.47. The predicted molar refractivity (Wildman–Crippen MR) is 82.9 cm³/mol. The van der Waals surface area contributed by atoms with E-state index in [1.807, 2.05) is 0 Å². The van der Waals surface area contributed by atoms with Crippen LogP contribution in [0.4, 0.5) is 16.5 Å². The monoisotopic (exact) mass is 392 g/mol. The van der Waals surface area contributed by atoms with Crippen LogP contribution < -0.4 is 10.5 Å². The normalized spacial score (nSPS) is 11.3. The summed E-state index contributed by atoms with van der Waals surface area (Å²) in [6, 6.07) is 2.62. The Hall–Kier alpha value is -1.72. The molecule has 0 aliphatic heterocycles. The van der Waals surface area contributed by atoms with Gasteiger partial charge in [-0.2, -0.15) is 0 Å². The van der Waals surface area contributed by atoms with E-state index < -0.39 is 20.6 Å². The van der Waals surface area contributed by atoms with Crippen LogP contribution in [0.15, 0.2) is 27.0 Å². The van der Waals surface area contributed by atoms with Gasteiger partial charge in [-0.1, -0.05) is 11.3 Å². The Labute approximate surface area is 132 Å². The lowest BCUT2D eigenvalue weighted by Crippen LogP contribution is -2.13. The Morgan fingerprint density at radius 3 is 2.67 bits per heavy atom. The largest absolute Gasteiger partial charge is 0.385 e. The number of halogens is 1. The molecule has 0 aliphatic carbocycles. The van der Waals surface area contributed by atoms with Crippen LogP contribution >= 0.6 is 27.3 Å². The summed E-state index contributed by atoms with van der Waals surface area (Å²) in [7, 11) is -3.98. The van der Waals surface area contributed by atoms with Gasteiger partial charge in [-0.25, -0.2) is 13.4 Å². The number of nitrogen functional groups attached to an aromatic ring is 1. The summed E-state index contributed by atoms with van der Waals surface area (Å²) in [5.41, 5.74) is 5.62. The van der Waals surface area contributed by atoms with Gasteiger partial charge in [-0.3, -0.25) is 14.8 Å². The van der Waals surface area contributed by atoms with Crippen LogP contribution in [0.1, 0.15) is 5.56 Å². The van der Waals surface area contributed by atoms with Crippen molar-refractivity contribution in [2.45, 2.75) is 11.1 Å². The van der Waals surface area contributed by atoms with Crippen LogP contribution in [0.5, 0.6) is 0 Å². The van der Waals surface area contributed by atoms with Crippen LogP contribution in [0.2, 0.25) is 0 Å². The Balaban J connectivity index is 2.38. The molecule has 11 heteroatoms. The summed E-state index contributed by atoms with van der Waals surface area (Å²) in [6.07, 6.45) is 1.44. The molecule has 8 nitrogen and oxygen atoms in total. The van der Waals surface area contributed by atoms with Gasteiger partial charge in [0, 0.05) is 16.7 Å². The summed E-state index contributed by atoms with van der Waals surface area (Å²) in [5.74, 6) is 0.146. The second-order valence-electron chi connectivity index (χ2n) is 4.00. The minimum atomic E-state index is -3.98. The summed E-state index contributed by atoms with van der Waals surface area (Å²) in [4.78, 5) is 13.9. The van der Waals surface area contributed by atoms with Gasteiger partial charge < -0.3 is 5.73 Å². The number of nitrogens with one attached hydrogen (secondary N) is 1. The first kappa shape index (κ1) is 15.7. The molecular formula is C10H9BrN4O4S2. The molecule has 0 fully saturated rings. The average molecular weight is 393 g/mol. The van der Waals surface area contributed by atoms with E-state index in [1.54, 1.807) is 13.0 Å². The molecular weight excluding hydrogens is 384 g/mol. The summed E-state index contributed by atoms with van der Waals surface area (Å²) in [5, 5.41) is 10.5. The number of rotatable bonds is 4. The van der Waals surface area contributed by atoms with Crippen molar-refractivity contribution in [2.75, 3.05) is 10.5 Å². The molecule has 3 N–H and O–H groups in total. The number of aromatic nitrogens is 1. The van der Waals surface area contributed by atoms with Crippen molar-refractivity contribution >= 4 is 53.8 Å². The third kappa shape index (κ3) is 3.31. The number of nitro groups is 1. The molecule has 0 bridgehead atoms. The van der Waals surface area contributed by atoms with E-state index in [1.165, 1.54) is 6.20 Å². The van der Waals surface area contributed by atoms with Gasteiger partial charge in [-0.05, 0) is 34.5 Å². The standard InChI is InChI=1S/C10H9BrN4O4S2/c1-5-2-6(11)4-13-10(5)14-21(18,19)8-3-7(15(16)17)9(12)20-8/h2-4H,12H2,1H3,(H,13,14). The minimum Gasteiger partial charge on any atom is -0.385 e. The van der Waals surface area contributed by atoms with Gasteiger partial charge in [0.05, 0.1) is 4.92 Å². The molecule has 2 aromatic rings. The zero-order chi connectivity index (χ0) is 15.8. The third-order valence-electron chi connectivity index (χ3n) is 2.46. The van der Waals surface area contributed by atoms with Crippen LogP contribution in [-0.2, 0) is 10.0 Å². The lowest BCUT2D eigenvalue weighted by Gasteiger charge is -2.07. The molecule has 112 valence electrons. The fourth-order valence-corrected chi connectivity index (χ4v) is 4.21. The SMILES string of the molecule is Cc1cc(Br)cnc1NS(=O)(=O)c1cc([N+](=O)[O-])c(N)s1. The second-order valence-corrected chi connectivity index (χ2v) is 7.91. The number of aryl methyl sites for hydroxylation is 1. The molecule has 0 saturated carbocycles. The van der Waals surface area contributed by atoms with Gasteiger partial charge in [0.1, 0.15) is 10.0 Å². The van der Waals surface area contributed by atoms with Crippen LogP contribution in [-0.4, -0.2) is 18.3 Å². The van der Waals surface area contributed by atoms with Gasteiger partial charge in [0.25, 0.3) is 10.0 Å². The van der Waals surface area contributed by atoms with Crippen molar-refractivity contribution < 1.29 is 13.3 Å². The molecule has 21 heavy (non-hydrogen) atoms. The molecule has 0 atom stereocenters. The van der Waals surface area contributed by atoms with Crippen LogP contribution in [0, 0.1) is 17.0 Å². The van der Waals surface area contributed by atoms with Crippen molar-refractivity contribution in [3.05, 3.63) is 38.5 Å². The van der Waals surface area contributed by atoms with Gasteiger partial charge in [0.2, 0.25) is 0 Å². The number of nitrogens with two attached hydrogens (primary N) is 1. The number of hydrogen-bond acceptors (Lipinski definition) is 7. The zero-order valence-corrected chi connectivity index (χ0v) is 13.8. The fraction of sp³-hybridized carbons (Fsp3) is 0.100. The first-order valence-corrected chi connectivity index (χ1v) is 8.48. The molecule has 0 aliphatic rings. The Morgan fingerprint density at radius 1 is 1.48 bits per heavy atom. The predicted octanol–water partition coefficient (Wildman–Crippen LogP) is 2.51. The minimum absolute atomic E-state index is 0.146. The van der Waals surface area contributed by atoms with Gasteiger partial charge >= 0.3 is 5.69 Å². The molecule has 2 aromatic heterocycles. The highest BCUT2D eigenvalue weighted by Gasteiger charge is 2.25. The second kappa shape index (κ2) is 5.58. The zero-order valence-electron chi connectivity index (χ0n) is 10.5. The molecule has 2 rings (SSSR count). The lowest BCUT2D eigenvalue weighted by atomic mass is 10.3. The van der Waals surface area contributed by atoms with Crippen molar-refractivity contribution in [3.63, 3.8) is 0 Å². The van der Waals surface area contributed by atoms with Crippen molar-refractivity contribution in [3.8, 4) is 0 Å². The number of anilines is 2. The maximum atomic E-state index is 12.2.